The standard InChI is InChI=1S/C6H16Si.ClH.Ni/c1-4-7(5-2)6-3;;/h7H,4-6H2,1-3H3;1H;. The van der Waals surface area contributed by atoms with E-state index in [4.69, 9.17) is 0 Å². The van der Waals surface area contributed by atoms with Gasteiger partial charge in [-0.05, 0) is 0 Å². The minimum absolute atomic E-state index is 0. The van der Waals surface area contributed by atoms with Gasteiger partial charge in [-0.2, -0.15) is 0 Å². The Morgan fingerprint density at radius 3 is 1.11 bits per heavy atom. The van der Waals surface area contributed by atoms with E-state index in [1.165, 1.54) is 18.1 Å². The molecule has 0 rings (SSSR count). The van der Waals surface area contributed by atoms with E-state index < -0.39 is 0 Å². The maximum Gasteiger partial charge on any atom is 0.0359 e. The molecule has 0 aliphatic rings. The summed E-state index contributed by atoms with van der Waals surface area (Å²) in [6.07, 6.45) is 0. The minimum atomic E-state index is -0.171. The Morgan fingerprint density at radius 2 is 1.11 bits per heavy atom. The van der Waals surface area contributed by atoms with Crippen molar-refractivity contribution in [3.05, 3.63) is 0 Å². The van der Waals surface area contributed by atoms with Crippen molar-refractivity contribution in [2.45, 2.75) is 38.9 Å². The average molecular weight is 211 g/mol. The van der Waals surface area contributed by atoms with Crippen molar-refractivity contribution in [2.75, 3.05) is 0 Å². The zero-order chi connectivity index (χ0) is 5.70. The van der Waals surface area contributed by atoms with E-state index in [2.05, 4.69) is 20.8 Å². The summed E-state index contributed by atoms with van der Waals surface area (Å²) in [6.45, 7) is 6.97. The molecule has 0 N–H and O–H groups in total. The van der Waals surface area contributed by atoms with Gasteiger partial charge in [0.1, 0.15) is 0 Å². The first-order chi connectivity index (χ1) is 3.35. The molecule has 62 valence electrons. The van der Waals surface area contributed by atoms with Gasteiger partial charge in [0.2, 0.25) is 0 Å². The molecule has 9 heavy (non-hydrogen) atoms. The average Bonchev–Trinajstić information content (AvgIpc) is 1.72. The van der Waals surface area contributed by atoms with Crippen LogP contribution in [0.25, 0.3) is 0 Å². The smallest absolute Gasteiger partial charge is 0.0359 e. The van der Waals surface area contributed by atoms with Crippen molar-refractivity contribution >= 4 is 21.2 Å². The molecule has 0 unspecified atom stereocenters. The third-order valence-electron chi connectivity index (χ3n) is 1.73. The predicted octanol–water partition coefficient (Wildman–Crippen LogP) is 2.69. The van der Waals surface area contributed by atoms with Crippen LogP contribution in [-0.2, 0) is 16.5 Å². The summed E-state index contributed by atoms with van der Waals surface area (Å²) in [5, 5.41) is 0. The minimum Gasteiger partial charge on any atom is -0.147 e. The van der Waals surface area contributed by atoms with Gasteiger partial charge in [0.25, 0.3) is 0 Å². The Labute approximate surface area is 76.7 Å². The van der Waals surface area contributed by atoms with E-state index in [0.29, 0.717) is 0 Å². The molecule has 0 aliphatic carbocycles. The van der Waals surface area contributed by atoms with Gasteiger partial charge in [0, 0.05) is 25.3 Å². The summed E-state index contributed by atoms with van der Waals surface area (Å²) in [4.78, 5) is 0. The molecule has 0 aromatic rings. The summed E-state index contributed by atoms with van der Waals surface area (Å²) in [5.74, 6) is 0. The summed E-state index contributed by atoms with van der Waals surface area (Å²) >= 11 is 0. The monoisotopic (exact) mass is 210 g/mol. The summed E-state index contributed by atoms with van der Waals surface area (Å²) in [7, 11) is -0.171. The summed E-state index contributed by atoms with van der Waals surface area (Å²) in [6, 6.07) is 4.48. The zero-order valence-electron chi connectivity index (χ0n) is 6.42. The third kappa shape index (κ3) is 9.00. The second kappa shape index (κ2) is 11.8. The SMILES string of the molecule is CC[SiH](CC)CC.Cl.[Ni]. The fraction of sp³-hybridized carbons (Fsp3) is 1.00. The van der Waals surface area contributed by atoms with Gasteiger partial charge in [0.05, 0.1) is 0 Å². The second-order valence-electron chi connectivity index (χ2n) is 2.09. The van der Waals surface area contributed by atoms with Crippen molar-refractivity contribution in [3.8, 4) is 0 Å². The van der Waals surface area contributed by atoms with Crippen molar-refractivity contribution in [1.82, 2.24) is 0 Å². The molecular weight excluding hydrogens is 194 g/mol. The molecule has 0 spiro atoms. The van der Waals surface area contributed by atoms with Crippen molar-refractivity contribution in [3.63, 3.8) is 0 Å². The molecule has 0 nitrogen and oxygen atoms in total. The van der Waals surface area contributed by atoms with Gasteiger partial charge in [-0.1, -0.05) is 38.9 Å². The molecule has 0 saturated carbocycles. The second-order valence-corrected chi connectivity index (χ2v) is 6.27. The largest absolute Gasteiger partial charge is 0.147 e. The van der Waals surface area contributed by atoms with E-state index in [-0.39, 0.29) is 37.7 Å². The van der Waals surface area contributed by atoms with Gasteiger partial charge in [0.15, 0.2) is 0 Å². The Bertz CT molecular complexity index is 34.5. The molecule has 3 heteroatoms. The third-order valence-corrected chi connectivity index (χ3v) is 5.20. The Morgan fingerprint density at radius 1 is 0.889 bits per heavy atom. The predicted molar refractivity (Wildman–Crippen MR) is 45.8 cm³/mol. The molecule has 0 aliphatic heterocycles. The van der Waals surface area contributed by atoms with E-state index in [1.807, 2.05) is 0 Å². The van der Waals surface area contributed by atoms with Gasteiger partial charge < -0.3 is 0 Å². The van der Waals surface area contributed by atoms with Crippen LogP contribution >= 0.6 is 12.4 Å². The first-order valence-corrected chi connectivity index (χ1v) is 5.80. The number of hydrogen-bond donors (Lipinski definition) is 0. The van der Waals surface area contributed by atoms with Gasteiger partial charge in [-0.15, -0.1) is 12.4 Å². The van der Waals surface area contributed by atoms with Gasteiger partial charge >= 0.3 is 0 Å². The maximum absolute atomic E-state index is 2.32. The molecule has 0 amide bonds. The van der Waals surface area contributed by atoms with Crippen molar-refractivity contribution in [1.29, 1.82) is 0 Å². The quantitative estimate of drug-likeness (QED) is 0.630. The molecule has 0 fully saturated rings. The number of hydrogen-bond acceptors (Lipinski definition) is 0. The topological polar surface area (TPSA) is 0 Å². The van der Waals surface area contributed by atoms with Crippen LogP contribution in [0.2, 0.25) is 18.1 Å². The number of halogens is 1. The fourth-order valence-electron chi connectivity index (χ4n) is 0.866. The van der Waals surface area contributed by atoms with E-state index >= 15 is 0 Å². The van der Waals surface area contributed by atoms with Crippen LogP contribution in [0.15, 0.2) is 0 Å². The zero-order valence-corrected chi connectivity index (χ0v) is 9.38. The Balaban J connectivity index is -0.000000180. The Hall–Kier alpha value is 1.00. The van der Waals surface area contributed by atoms with E-state index in [0.717, 1.165) is 0 Å². The maximum atomic E-state index is 2.32. The van der Waals surface area contributed by atoms with Gasteiger partial charge in [-0.25, -0.2) is 0 Å². The molecule has 0 bridgehead atoms. The normalized spacial score (nSPS) is 8.00. The molecule has 0 atom stereocenters. The van der Waals surface area contributed by atoms with Crippen molar-refractivity contribution in [2.24, 2.45) is 0 Å². The molecular formula is C6H17ClNiSi. The molecule has 0 aromatic carbocycles. The van der Waals surface area contributed by atoms with Crippen LogP contribution in [-0.4, -0.2) is 8.80 Å². The molecule has 0 radical (unpaired) electrons. The molecule has 0 aromatic heterocycles. The van der Waals surface area contributed by atoms with E-state index in [9.17, 15) is 0 Å². The van der Waals surface area contributed by atoms with Crippen molar-refractivity contribution < 1.29 is 16.5 Å². The van der Waals surface area contributed by atoms with Crippen LogP contribution in [0.5, 0.6) is 0 Å². The van der Waals surface area contributed by atoms with Crippen LogP contribution in [0.1, 0.15) is 20.8 Å². The van der Waals surface area contributed by atoms with Gasteiger partial charge in [-0.3, -0.25) is 0 Å². The van der Waals surface area contributed by atoms with Crippen LogP contribution in [0.3, 0.4) is 0 Å². The molecule has 0 heterocycles. The van der Waals surface area contributed by atoms with Crippen LogP contribution in [0.4, 0.5) is 0 Å². The van der Waals surface area contributed by atoms with E-state index in [1.54, 1.807) is 0 Å². The summed E-state index contributed by atoms with van der Waals surface area (Å²) in [5.41, 5.74) is 0. The first kappa shape index (κ1) is 16.5. The molecule has 0 saturated heterocycles. The van der Waals surface area contributed by atoms with Crippen LogP contribution in [0, 0.1) is 0 Å². The van der Waals surface area contributed by atoms with Crippen LogP contribution < -0.4 is 0 Å². The number of rotatable bonds is 3. The fourth-order valence-corrected chi connectivity index (χ4v) is 2.60. The Kier molecular flexibility index (Phi) is 21.6. The summed E-state index contributed by atoms with van der Waals surface area (Å²) < 4.78 is 0. The first-order valence-electron chi connectivity index (χ1n) is 3.35.